The lowest BCUT2D eigenvalue weighted by molar-refractivity contribution is 0.101. The third kappa shape index (κ3) is 4.26. The van der Waals surface area contributed by atoms with Crippen LogP contribution < -0.4 is 10.1 Å². The Balaban J connectivity index is 2.81. The van der Waals surface area contributed by atoms with Crippen LogP contribution in [-0.2, 0) is 0 Å². The highest BCUT2D eigenvalue weighted by atomic mass is 19.3. The minimum absolute atomic E-state index is 0.0610. The van der Waals surface area contributed by atoms with Crippen LogP contribution in [0.15, 0.2) is 24.3 Å². The highest BCUT2D eigenvalue weighted by molar-refractivity contribution is 5.35. The first-order chi connectivity index (χ1) is 8.41. The molecule has 0 heterocycles. The predicted octanol–water partition coefficient (Wildman–Crippen LogP) is 3.78. The molecule has 0 saturated heterocycles. The zero-order valence-corrected chi connectivity index (χ0v) is 11.3. The van der Waals surface area contributed by atoms with Gasteiger partial charge in [-0.15, -0.1) is 0 Å². The van der Waals surface area contributed by atoms with Crippen LogP contribution in [0.25, 0.3) is 0 Å². The summed E-state index contributed by atoms with van der Waals surface area (Å²) in [7, 11) is 0. The second-order valence-electron chi connectivity index (χ2n) is 4.72. The van der Waals surface area contributed by atoms with Crippen molar-refractivity contribution >= 4 is 0 Å². The van der Waals surface area contributed by atoms with Crippen molar-refractivity contribution in [2.75, 3.05) is 0 Å². The highest BCUT2D eigenvalue weighted by Gasteiger charge is 2.19. The van der Waals surface area contributed by atoms with Gasteiger partial charge in [0.25, 0.3) is 6.43 Å². The monoisotopic (exact) mass is 257 g/mol. The van der Waals surface area contributed by atoms with Gasteiger partial charge in [-0.05, 0) is 33.8 Å². The topological polar surface area (TPSA) is 21.3 Å². The fraction of sp³-hybridized carbons (Fsp3) is 0.571. The Hall–Kier alpha value is -1.16. The number of ether oxygens (including phenoxy) is 1. The smallest absolute Gasteiger partial charge is 0.253 e. The van der Waals surface area contributed by atoms with E-state index in [9.17, 15) is 8.78 Å². The number of benzene rings is 1. The van der Waals surface area contributed by atoms with Gasteiger partial charge >= 0.3 is 0 Å². The first kappa shape index (κ1) is 14.9. The molecule has 0 fully saturated rings. The van der Waals surface area contributed by atoms with Crippen LogP contribution in [0.5, 0.6) is 5.75 Å². The van der Waals surface area contributed by atoms with Crippen molar-refractivity contribution in [1.82, 2.24) is 5.32 Å². The van der Waals surface area contributed by atoms with Crippen LogP contribution in [0.1, 0.15) is 39.3 Å². The van der Waals surface area contributed by atoms with Gasteiger partial charge in [-0.3, -0.25) is 0 Å². The van der Waals surface area contributed by atoms with Crippen molar-refractivity contribution in [3.63, 3.8) is 0 Å². The van der Waals surface area contributed by atoms with Gasteiger partial charge < -0.3 is 10.1 Å². The van der Waals surface area contributed by atoms with E-state index in [-0.39, 0.29) is 12.1 Å². The van der Waals surface area contributed by atoms with Gasteiger partial charge in [0, 0.05) is 11.6 Å². The van der Waals surface area contributed by atoms with Crippen LogP contribution in [0.4, 0.5) is 8.78 Å². The Morgan fingerprint density at radius 3 is 2.22 bits per heavy atom. The predicted molar refractivity (Wildman–Crippen MR) is 69.2 cm³/mol. The van der Waals surface area contributed by atoms with Gasteiger partial charge in [0.05, 0.1) is 12.1 Å². The molecule has 1 N–H and O–H groups in total. The second-order valence-corrected chi connectivity index (χ2v) is 4.72. The molecule has 0 aliphatic heterocycles. The Kier molecular flexibility index (Phi) is 5.54. The average Bonchev–Trinajstić information content (AvgIpc) is 2.28. The Bertz CT molecular complexity index is 369. The van der Waals surface area contributed by atoms with E-state index in [0.717, 1.165) is 11.3 Å². The molecule has 0 aliphatic rings. The summed E-state index contributed by atoms with van der Waals surface area (Å²) in [5.41, 5.74) is 0.902. The molecule has 2 nitrogen and oxygen atoms in total. The van der Waals surface area contributed by atoms with Gasteiger partial charge in [0.2, 0.25) is 0 Å². The Morgan fingerprint density at radius 2 is 1.67 bits per heavy atom. The summed E-state index contributed by atoms with van der Waals surface area (Å²) in [5.74, 6) is 0.744. The van der Waals surface area contributed by atoms with E-state index in [2.05, 4.69) is 5.32 Å². The summed E-state index contributed by atoms with van der Waals surface area (Å²) in [6, 6.07) is 6.50. The third-order valence-electron chi connectivity index (χ3n) is 2.64. The Labute approximate surface area is 107 Å². The summed E-state index contributed by atoms with van der Waals surface area (Å²) < 4.78 is 30.7. The van der Waals surface area contributed by atoms with Crippen molar-refractivity contribution in [2.45, 2.75) is 52.3 Å². The number of alkyl halides is 2. The largest absolute Gasteiger partial charge is 0.491 e. The average molecular weight is 257 g/mol. The third-order valence-corrected chi connectivity index (χ3v) is 2.64. The number of hydrogen-bond donors (Lipinski definition) is 1. The lowest BCUT2D eigenvalue weighted by Gasteiger charge is -2.22. The van der Waals surface area contributed by atoms with Gasteiger partial charge in [-0.1, -0.05) is 18.2 Å². The van der Waals surface area contributed by atoms with Gasteiger partial charge in [-0.25, -0.2) is 8.78 Å². The molecule has 2 unspecified atom stereocenters. The van der Waals surface area contributed by atoms with Crippen molar-refractivity contribution in [1.29, 1.82) is 0 Å². The molecule has 0 amide bonds. The lowest BCUT2D eigenvalue weighted by atomic mass is 10.1. The molecule has 4 heteroatoms. The Morgan fingerprint density at radius 1 is 1.06 bits per heavy atom. The molecule has 0 radical (unpaired) electrons. The fourth-order valence-corrected chi connectivity index (χ4v) is 1.76. The minimum atomic E-state index is -2.37. The molecule has 1 aromatic carbocycles. The van der Waals surface area contributed by atoms with Gasteiger partial charge in [0.15, 0.2) is 0 Å². The van der Waals surface area contributed by atoms with Crippen LogP contribution in [0.3, 0.4) is 0 Å². The molecular weight excluding hydrogens is 236 g/mol. The first-order valence-electron chi connectivity index (χ1n) is 6.21. The molecule has 2 atom stereocenters. The zero-order chi connectivity index (χ0) is 13.7. The van der Waals surface area contributed by atoms with Crippen LogP contribution in [0.2, 0.25) is 0 Å². The van der Waals surface area contributed by atoms with Gasteiger partial charge in [-0.2, -0.15) is 0 Å². The number of rotatable bonds is 6. The van der Waals surface area contributed by atoms with Crippen LogP contribution in [0, 0.1) is 0 Å². The first-order valence-corrected chi connectivity index (χ1v) is 6.21. The zero-order valence-electron chi connectivity index (χ0n) is 11.3. The summed E-state index contributed by atoms with van der Waals surface area (Å²) in [6.45, 7) is 7.22. The molecule has 1 aromatic rings. The van der Waals surface area contributed by atoms with Crippen LogP contribution in [-0.4, -0.2) is 18.6 Å². The fourth-order valence-electron chi connectivity index (χ4n) is 1.76. The standard InChI is InChI=1S/C14H21F2NO/c1-9(2)18-13-8-6-5-7-12(13)10(3)17-11(4)14(15)16/h5-11,14,17H,1-4H3. The van der Waals surface area contributed by atoms with E-state index >= 15 is 0 Å². The molecule has 0 aromatic heterocycles. The molecule has 1 rings (SSSR count). The maximum atomic E-state index is 12.5. The summed E-state index contributed by atoms with van der Waals surface area (Å²) in [6.07, 6.45) is -2.31. The molecule has 0 spiro atoms. The molecule has 102 valence electrons. The summed E-state index contributed by atoms with van der Waals surface area (Å²) in [4.78, 5) is 0. The van der Waals surface area contributed by atoms with E-state index in [1.807, 2.05) is 45.0 Å². The number of para-hydroxylation sites is 1. The van der Waals surface area contributed by atoms with Crippen molar-refractivity contribution in [3.8, 4) is 5.75 Å². The molecular formula is C14H21F2NO. The van der Waals surface area contributed by atoms with Gasteiger partial charge in [0.1, 0.15) is 5.75 Å². The normalized spacial score (nSPS) is 14.9. The molecule has 0 aliphatic carbocycles. The number of halogens is 2. The van der Waals surface area contributed by atoms with Crippen molar-refractivity contribution in [3.05, 3.63) is 29.8 Å². The lowest BCUT2D eigenvalue weighted by Crippen LogP contribution is -2.34. The van der Waals surface area contributed by atoms with Crippen molar-refractivity contribution < 1.29 is 13.5 Å². The number of nitrogens with one attached hydrogen (secondary N) is 1. The second kappa shape index (κ2) is 6.69. The van der Waals surface area contributed by atoms with E-state index in [0.29, 0.717) is 0 Å². The van der Waals surface area contributed by atoms with Crippen LogP contribution >= 0.6 is 0 Å². The van der Waals surface area contributed by atoms with E-state index in [1.54, 1.807) is 0 Å². The number of hydrogen-bond acceptors (Lipinski definition) is 2. The van der Waals surface area contributed by atoms with Crippen molar-refractivity contribution in [2.24, 2.45) is 0 Å². The summed E-state index contributed by atoms with van der Waals surface area (Å²) in [5, 5.41) is 2.88. The highest BCUT2D eigenvalue weighted by Crippen LogP contribution is 2.26. The summed E-state index contributed by atoms with van der Waals surface area (Å²) >= 11 is 0. The maximum Gasteiger partial charge on any atom is 0.253 e. The molecule has 0 saturated carbocycles. The minimum Gasteiger partial charge on any atom is -0.491 e. The SMILES string of the molecule is CC(C)Oc1ccccc1C(C)NC(C)C(F)F. The van der Waals surface area contributed by atoms with E-state index < -0.39 is 12.5 Å². The quantitative estimate of drug-likeness (QED) is 0.837. The van der Waals surface area contributed by atoms with E-state index in [4.69, 9.17) is 4.74 Å². The molecule has 0 bridgehead atoms. The van der Waals surface area contributed by atoms with E-state index in [1.165, 1.54) is 6.92 Å². The molecule has 18 heavy (non-hydrogen) atoms. The maximum absolute atomic E-state index is 12.5.